The van der Waals surface area contributed by atoms with Crippen LogP contribution in [0.25, 0.3) is 6.08 Å². The largest absolute Gasteiger partial charge is 0.348 e. The number of halogens is 1. The molecule has 0 radical (unpaired) electrons. The van der Waals surface area contributed by atoms with Crippen molar-refractivity contribution in [1.82, 2.24) is 9.47 Å². The summed E-state index contributed by atoms with van der Waals surface area (Å²) in [6.07, 6.45) is 5.33. The Balaban J connectivity index is 1.73. The number of carbonyl (C=O) groups excluding carboxylic acids is 1. The van der Waals surface area contributed by atoms with Gasteiger partial charge in [0.2, 0.25) is 5.91 Å². The van der Waals surface area contributed by atoms with Crippen molar-refractivity contribution in [3.63, 3.8) is 0 Å². The Hall–Kier alpha value is -2.36. The maximum absolute atomic E-state index is 12.8. The van der Waals surface area contributed by atoms with E-state index in [4.69, 9.17) is 0 Å². The molecule has 2 aromatic rings. The lowest BCUT2D eigenvalue weighted by Gasteiger charge is -2.34. The summed E-state index contributed by atoms with van der Waals surface area (Å²) in [5, 5.41) is 0. The zero-order valence-corrected chi connectivity index (χ0v) is 11.9. The van der Waals surface area contributed by atoms with Crippen molar-refractivity contribution in [2.24, 2.45) is 0 Å². The minimum atomic E-state index is -0.274. The molecule has 1 aromatic heterocycles. The number of aromatic nitrogens is 1. The Labute approximate surface area is 123 Å². The van der Waals surface area contributed by atoms with Gasteiger partial charge in [0.1, 0.15) is 5.82 Å². The number of fused-ring (bicyclic) bond motifs is 1. The summed E-state index contributed by atoms with van der Waals surface area (Å²) < 4.78 is 15.0. The number of nitrogens with zero attached hydrogens (tertiary/aromatic N) is 2. The smallest absolute Gasteiger partial charge is 0.247 e. The predicted molar refractivity (Wildman–Crippen MR) is 80.0 cm³/mol. The highest BCUT2D eigenvalue weighted by Gasteiger charge is 2.25. The summed E-state index contributed by atoms with van der Waals surface area (Å²) >= 11 is 0. The van der Waals surface area contributed by atoms with Crippen LogP contribution in [0.4, 0.5) is 4.39 Å². The van der Waals surface area contributed by atoms with Crippen molar-refractivity contribution in [1.29, 1.82) is 0 Å². The fraction of sp³-hybridized carbons (Fsp3) is 0.235. The fourth-order valence-corrected chi connectivity index (χ4v) is 2.72. The van der Waals surface area contributed by atoms with Crippen LogP contribution < -0.4 is 0 Å². The van der Waals surface area contributed by atoms with E-state index in [2.05, 4.69) is 4.57 Å². The Kier molecular flexibility index (Phi) is 3.60. The Bertz CT molecular complexity index is 672. The summed E-state index contributed by atoms with van der Waals surface area (Å²) in [5.41, 5.74) is 1.97. The first kappa shape index (κ1) is 13.6. The van der Waals surface area contributed by atoms with Crippen LogP contribution >= 0.6 is 0 Å². The number of rotatable bonds is 2. The highest BCUT2D eigenvalue weighted by atomic mass is 19.1. The Morgan fingerprint density at radius 1 is 1.24 bits per heavy atom. The van der Waals surface area contributed by atoms with Gasteiger partial charge in [-0.3, -0.25) is 4.79 Å². The second kappa shape index (κ2) is 5.56. The Morgan fingerprint density at radius 2 is 2.00 bits per heavy atom. The minimum absolute atomic E-state index is 0.0146. The monoisotopic (exact) mass is 284 g/mol. The first-order valence-electron chi connectivity index (χ1n) is 7.04. The first-order chi connectivity index (χ1) is 10.1. The second-order valence-electron chi connectivity index (χ2n) is 5.22. The first-order valence-corrected chi connectivity index (χ1v) is 7.04. The molecule has 21 heavy (non-hydrogen) atoms. The molecule has 0 saturated carbocycles. The quantitative estimate of drug-likeness (QED) is 0.777. The zero-order chi connectivity index (χ0) is 14.8. The summed E-state index contributed by atoms with van der Waals surface area (Å²) in [6, 6.07) is 10.2. The molecule has 1 atom stereocenters. The van der Waals surface area contributed by atoms with Crippen molar-refractivity contribution in [2.75, 3.05) is 6.54 Å². The van der Waals surface area contributed by atoms with Gasteiger partial charge in [0.25, 0.3) is 0 Å². The molecule has 1 amide bonds. The molecule has 0 unspecified atom stereocenters. The SMILES string of the molecule is C[C@@H]1c2cccn2CCN1C(=O)/C=C/c1ccc(F)cc1. The summed E-state index contributed by atoms with van der Waals surface area (Å²) in [6.45, 7) is 3.56. The van der Waals surface area contributed by atoms with Gasteiger partial charge in [-0.15, -0.1) is 0 Å². The van der Waals surface area contributed by atoms with Gasteiger partial charge in [0.15, 0.2) is 0 Å². The van der Waals surface area contributed by atoms with Crippen molar-refractivity contribution in [3.05, 3.63) is 65.7 Å². The van der Waals surface area contributed by atoms with Gasteiger partial charge in [-0.1, -0.05) is 12.1 Å². The third-order valence-electron chi connectivity index (χ3n) is 3.91. The zero-order valence-electron chi connectivity index (χ0n) is 11.9. The van der Waals surface area contributed by atoms with Gasteiger partial charge >= 0.3 is 0 Å². The summed E-state index contributed by atoms with van der Waals surface area (Å²) in [4.78, 5) is 14.2. The third kappa shape index (κ3) is 2.75. The number of benzene rings is 1. The van der Waals surface area contributed by atoms with Gasteiger partial charge in [0, 0.05) is 31.1 Å². The van der Waals surface area contributed by atoms with Crippen LogP contribution in [0.15, 0.2) is 48.7 Å². The molecular weight excluding hydrogens is 267 g/mol. The van der Waals surface area contributed by atoms with E-state index in [0.717, 1.165) is 17.8 Å². The molecule has 0 saturated heterocycles. The molecular formula is C17H17FN2O. The molecule has 1 aliphatic heterocycles. The maximum atomic E-state index is 12.8. The number of carbonyl (C=O) groups is 1. The molecule has 2 heterocycles. The second-order valence-corrected chi connectivity index (χ2v) is 5.22. The summed E-state index contributed by atoms with van der Waals surface area (Å²) in [7, 11) is 0. The number of hydrogen-bond donors (Lipinski definition) is 0. The average Bonchev–Trinajstić information content (AvgIpc) is 2.96. The molecule has 1 aliphatic rings. The van der Waals surface area contributed by atoms with Gasteiger partial charge in [-0.05, 0) is 42.8 Å². The summed E-state index contributed by atoms with van der Waals surface area (Å²) in [5.74, 6) is -0.289. The lowest BCUT2D eigenvalue weighted by Crippen LogP contribution is -2.39. The highest BCUT2D eigenvalue weighted by molar-refractivity contribution is 5.92. The molecule has 1 aromatic carbocycles. The van der Waals surface area contributed by atoms with E-state index in [1.54, 1.807) is 24.3 Å². The van der Waals surface area contributed by atoms with Crippen LogP contribution in [0.3, 0.4) is 0 Å². The van der Waals surface area contributed by atoms with Crippen LogP contribution in [0, 0.1) is 5.82 Å². The van der Waals surface area contributed by atoms with E-state index in [1.807, 2.05) is 30.2 Å². The average molecular weight is 284 g/mol. The van der Waals surface area contributed by atoms with Gasteiger partial charge < -0.3 is 9.47 Å². The molecule has 0 fully saturated rings. The van der Waals surface area contributed by atoms with E-state index < -0.39 is 0 Å². The van der Waals surface area contributed by atoms with E-state index in [-0.39, 0.29) is 17.8 Å². The molecule has 3 nitrogen and oxygen atoms in total. The lowest BCUT2D eigenvalue weighted by atomic mass is 10.1. The molecule has 108 valence electrons. The van der Waals surface area contributed by atoms with Crippen molar-refractivity contribution < 1.29 is 9.18 Å². The van der Waals surface area contributed by atoms with Gasteiger partial charge in [0.05, 0.1) is 6.04 Å². The fourth-order valence-electron chi connectivity index (χ4n) is 2.72. The molecule has 0 bridgehead atoms. The van der Waals surface area contributed by atoms with Gasteiger partial charge in [-0.2, -0.15) is 0 Å². The lowest BCUT2D eigenvalue weighted by molar-refractivity contribution is -0.129. The van der Waals surface area contributed by atoms with Crippen molar-refractivity contribution in [3.8, 4) is 0 Å². The van der Waals surface area contributed by atoms with Crippen LogP contribution in [-0.2, 0) is 11.3 Å². The van der Waals surface area contributed by atoms with Crippen LogP contribution in [0.5, 0.6) is 0 Å². The molecule has 4 heteroatoms. The van der Waals surface area contributed by atoms with E-state index in [1.165, 1.54) is 12.1 Å². The van der Waals surface area contributed by atoms with Crippen LogP contribution in [-0.4, -0.2) is 21.9 Å². The Morgan fingerprint density at radius 3 is 2.76 bits per heavy atom. The molecule has 0 spiro atoms. The number of hydrogen-bond acceptors (Lipinski definition) is 1. The normalized spacial score (nSPS) is 18.0. The van der Waals surface area contributed by atoms with E-state index in [0.29, 0.717) is 6.54 Å². The number of amides is 1. The van der Waals surface area contributed by atoms with Crippen LogP contribution in [0.1, 0.15) is 24.2 Å². The topological polar surface area (TPSA) is 25.2 Å². The highest BCUT2D eigenvalue weighted by Crippen LogP contribution is 2.25. The van der Waals surface area contributed by atoms with Gasteiger partial charge in [-0.25, -0.2) is 4.39 Å². The predicted octanol–water partition coefficient (Wildman–Crippen LogP) is 3.24. The molecule has 0 N–H and O–H groups in total. The van der Waals surface area contributed by atoms with E-state index >= 15 is 0 Å². The van der Waals surface area contributed by atoms with E-state index in [9.17, 15) is 9.18 Å². The molecule has 0 aliphatic carbocycles. The third-order valence-corrected chi connectivity index (χ3v) is 3.91. The van der Waals surface area contributed by atoms with Crippen molar-refractivity contribution in [2.45, 2.75) is 19.5 Å². The van der Waals surface area contributed by atoms with Crippen LogP contribution in [0.2, 0.25) is 0 Å². The minimum Gasteiger partial charge on any atom is -0.348 e. The standard InChI is InChI=1S/C17H17FN2O/c1-13-16-3-2-10-19(16)11-12-20(13)17(21)9-6-14-4-7-15(18)8-5-14/h2-10,13H,11-12H2,1H3/b9-6+/t13-/m1/s1. The molecule has 3 rings (SSSR count). The maximum Gasteiger partial charge on any atom is 0.247 e. The van der Waals surface area contributed by atoms with Crippen molar-refractivity contribution >= 4 is 12.0 Å².